The maximum absolute atomic E-state index is 5.50. The first-order chi connectivity index (χ1) is 61.8. The Morgan fingerprint density at radius 1 is 0.238 bits per heavy atom. The van der Waals surface area contributed by atoms with Crippen LogP contribution in [0, 0.1) is 0 Å². The summed E-state index contributed by atoms with van der Waals surface area (Å²) in [7, 11) is 38.4. The van der Waals surface area contributed by atoms with Crippen molar-refractivity contribution in [1.29, 1.82) is 0 Å². The Balaban J connectivity index is 0.000000157. The largest absolute Gasteiger partial charge is 0.311 e. The minimum absolute atomic E-state index is 0.00694. The van der Waals surface area contributed by atoms with Gasteiger partial charge in [-0.15, -0.1) is 0 Å². The van der Waals surface area contributed by atoms with Crippen LogP contribution in [0.3, 0.4) is 0 Å². The smallest absolute Gasteiger partial charge is 0.0609 e. The second-order valence-electron chi connectivity index (χ2n) is 38.0. The molecule has 11 unspecified atom stereocenters. The molecule has 0 amide bonds. The number of rotatable bonds is 0. The average Bonchev–Trinajstić information content (AvgIpc) is 0.843. The van der Waals surface area contributed by atoms with Gasteiger partial charge in [0.1, 0.15) is 0 Å². The fourth-order valence-corrected chi connectivity index (χ4v) is 23.2. The molecule has 4 aromatic rings. The second-order valence-corrected chi connectivity index (χ2v) is 45.8. The first kappa shape index (κ1) is 107. The van der Waals surface area contributed by atoms with E-state index in [9.17, 15) is 0 Å². The minimum atomic E-state index is 0.00694. The molecule has 32 heteroatoms. The van der Waals surface area contributed by atoms with E-state index < -0.39 is 0 Å². The zero-order chi connectivity index (χ0) is 88.5. The number of hydrogen-bond donors (Lipinski definition) is 16. The van der Waals surface area contributed by atoms with Crippen molar-refractivity contribution in [2.45, 2.75) is 418 Å². The van der Waals surface area contributed by atoms with Gasteiger partial charge in [0.15, 0.2) is 0 Å². The maximum Gasteiger partial charge on any atom is 0.0609 e. The van der Waals surface area contributed by atoms with Crippen LogP contribution in [0.4, 0.5) is 0 Å². The van der Waals surface area contributed by atoms with Gasteiger partial charge in [-0.2, -0.15) is 0 Å². The van der Waals surface area contributed by atoms with Crippen molar-refractivity contribution in [3.05, 3.63) is 117 Å². The van der Waals surface area contributed by atoms with E-state index in [-0.39, 0.29) is 76.7 Å². The van der Waals surface area contributed by atoms with Gasteiger partial charge in [-0.25, -0.2) is 0 Å². The molecule has 10 aliphatic carbocycles. The van der Waals surface area contributed by atoms with Crippen LogP contribution in [0.1, 0.15) is 352 Å². The van der Waals surface area contributed by atoms with Gasteiger partial charge in [-0.1, -0.05) is 127 Å². The molecule has 126 heavy (non-hydrogen) atoms. The molecule has 0 saturated heterocycles. The fraction of sp³-hybridized carbons (Fsp3) is 0.787. The molecular formula is C94H156Cl8Mn4N20. The molecule has 0 spiro atoms. The van der Waals surface area contributed by atoms with Crippen LogP contribution in [0.5, 0.6) is 0 Å². The van der Waals surface area contributed by atoms with Crippen molar-refractivity contribution in [2.75, 3.05) is 52.4 Å². The average molecular weight is 2070 g/mol. The second kappa shape index (κ2) is 60.9. The van der Waals surface area contributed by atoms with E-state index in [1.807, 2.05) is 0 Å². The molecule has 22 atom stereocenters. The number of fused-ring (bicyclic) bond motifs is 14. The van der Waals surface area contributed by atoms with Gasteiger partial charge in [0.25, 0.3) is 0 Å². The predicted octanol–water partition coefficient (Wildman–Crippen LogP) is 17.8. The summed E-state index contributed by atoms with van der Waals surface area (Å²) in [5.41, 5.74) is 12.9. The third kappa shape index (κ3) is 35.1. The number of aromatic nitrogens is 4. The van der Waals surface area contributed by atoms with E-state index in [0.717, 1.165) is 65.4 Å². The molecule has 20 nitrogen and oxygen atoms in total. The topological polar surface area (TPSA) is 244 Å². The number of aryl methyl sites for hydroxylation is 2. The van der Waals surface area contributed by atoms with Crippen molar-refractivity contribution < 1.29 is 52.5 Å². The molecule has 8 fully saturated rings. The van der Waals surface area contributed by atoms with Crippen LogP contribution >= 0.6 is 80.8 Å². The molecule has 0 radical (unpaired) electrons. The normalized spacial score (nSPS) is 34.0. The molecule has 0 aromatic carbocycles. The molecular weight excluding hydrogens is 1910 g/mol. The van der Waals surface area contributed by atoms with E-state index in [4.69, 9.17) is 101 Å². The summed E-state index contributed by atoms with van der Waals surface area (Å²) in [6.07, 6.45) is 49.6. The van der Waals surface area contributed by atoms with Crippen molar-refractivity contribution in [2.24, 2.45) is 0 Å². The van der Waals surface area contributed by atoms with E-state index >= 15 is 0 Å². The van der Waals surface area contributed by atoms with Gasteiger partial charge >= 0.3 is 133 Å². The van der Waals surface area contributed by atoms with Crippen LogP contribution in [-0.4, -0.2) is 169 Å². The van der Waals surface area contributed by atoms with Crippen LogP contribution in [0.15, 0.2) is 60.7 Å². The summed E-state index contributed by atoms with van der Waals surface area (Å²) in [5.74, 6) is 0. The van der Waals surface area contributed by atoms with Gasteiger partial charge in [-0.05, 0) is 216 Å². The van der Waals surface area contributed by atoms with Crippen LogP contribution in [0.2, 0.25) is 0 Å². The third-order valence-electron chi connectivity index (χ3n) is 29.7. The van der Waals surface area contributed by atoms with Crippen LogP contribution in [-0.2, 0) is 78.5 Å². The van der Waals surface area contributed by atoms with E-state index in [2.05, 4.69) is 173 Å². The SMILES string of the molecule is C[C@@H]1NC2CCCCC2NCCNC2CCCC[C@H]2N[C@@H](C)c2cccc1n2.C[C@@H]1NC2CCCCC2NCCNC2CCCC[C@H]2N[C@H](C)c2cccc1n2.[Cl][Mn][Cl].[Cl][Mn][Cl].[Cl][Mn][Cl].[Cl][Mn][Cl].c1c2c3nc4c1CCCC4N[C@@H]1CCCCC1NCCNC1CCCCC1NC3CCC2.c1cc2nc(c1)CN[C@H]1CCCC[C@@H]1NCCN[C@H]1CCCC[C@@H]1NC2. The first-order valence-electron chi connectivity index (χ1n) is 49.1. The summed E-state index contributed by atoms with van der Waals surface area (Å²) >= 11 is 0.0278. The summed E-state index contributed by atoms with van der Waals surface area (Å²) in [5, 5.41) is 62.4. The minimum Gasteiger partial charge on any atom is -0.311 e. The van der Waals surface area contributed by atoms with Crippen LogP contribution in [0.25, 0.3) is 0 Å². The summed E-state index contributed by atoms with van der Waals surface area (Å²) in [6, 6.07) is 33.3. The molecule has 716 valence electrons. The Labute approximate surface area is 818 Å². The van der Waals surface area contributed by atoms with E-state index in [1.54, 1.807) is 0 Å². The molecule has 4 aromatic heterocycles. The molecule has 8 saturated carbocycles. The molecule has 18 rings (SSSR count). The van der Waals surface area contributed by atoms with E-state index in [0.29, 0.717) is 109 Å². The molecule has 16 N–H and O–H groups in total. The summed E-state index contributed by atoms with van der Waals surface area (Å²) in [6.45, 7) is 19.4. The van der Waals surface area contributed by atoms with E-state index in [1.165, 1.54) is 301 Å². The monoisotopic (exact) mass is 2060 g/mol. The number of hydrogen-bond acceptors (Lipinski definition) is 20. The standard InChI is InChI=1S/C27H43N5.2C23H39N5.C21H35N5.8ClH.4Mn/c1-3-11-22-20(9-1)28-15-16-29-21-10-2-4-12-23(21)31-25-14-6-8-19-17-18-7-5-13-24(30-22)26(18)32-27(19)25;2*1-16-18-12-7-13-19(28-18)17(2)27-23-11-6-4-9-21(23)25-15-14-24-20-8-3-5-10-22(20)26-16;1-3-10-20-18(8-1)22-12-13-23-19-9-2-4-11-21(19)25-15-17-7-5-6-16(26-17)14-24-20;;;;;;;;;;;;/h17,20-25,28-31H,1-16H2;2*7,12-13,16-17,20-27H,3-6,8-11,14-15H2,1-2H3;5-7,18-25H,1-4,8-15H2;8*1H;;;;/q;;;;;;;;;;;;4*+2/p-8/t20?,21?,22-,23?,24?,25?;16-,17+,20?,21?,22-,23?;16-,17-,20?,21?,22+,23?;18-,19-,20-,21-;;;;;;;;;;;;/m1100............/s1. The number of nitrogens with one attached hydrogen (secondary N) is 16. The molecule has 8 heterocycles. The Bertz CT molecular complexity index is 3310. The Morgan fingerprint density at radius 2 is 0.444 bits per heavy atom. The van der Waals surface area contributed by atoms with Crippen molar-refractivity contribution in [3.63, 3.8) is 0 Å². The zero-order valence-electron chi connectivity index (χ0n) is 75.7. The van der Waals surface area contributed by atoms with Gasteiger partial charge in [0.05, 0.1) is 57.6 Å². The fourth-order valence-electron chi connectivity index (χ4n) is 23.2. The van der Waals surface area contributed by atoms with Gasteiger partial charge in [0, 0.05) is 186 Å². The van der Waals surface area contributed by atoms with Gasteiger partial charge in [0.2, 0.25) is 0 Å². The number of halogens is 8. The molecule has 4 aliphatic heterocycles. The summed E-state index contributed by atoms with van der Waals surface area (Å²) in [4.78, 5) is 20.5. The third-order valence-corrected chi connectivity index (χ3v) is 29.7. The zero-order valence-corrected chi connectivity index (χ0v) is 86.5. The van der Waals surface area contributed by atoms with Gasteiger partial charge < -0.3 is 85.1 Å². The van der Waals surface area contributed by atoms with Crippen molar-refractivity contribution >= 4 is 80.8 Å². The van der Waals surface area contributed by atoms with Crippen LogP contribution < -0.4 is 85.1 Å². The Hall–Kier alpha value is 0.358. The molecule has 14 aliphatic rings. The predicted molar refractivity (Wildman–Crippen MR) is 514 cm³/mol. The summed E-state index contributed by atoms with van der Waals surface area (Å²) < 4.78 is 0. The van der Waals surface area contributed by atoms with Crippen molar-refractivity contribution in [1.82, 2.24) is 105 Å². The maximum atomic E-state index is 5.50. The number of nitrogens with zero attached hydrogens (tertiary/aromatic N) is 4. The van der Waals surface area contributed by atoms with Crippen molar-refractivity contribution in [3.8, 4) is 0 Å². The first-order valence-corrected chi connectivity index (χ1v) is 62.1. The van der Waals surface area contributed by atoms with Gasteiger partial charge in [-0.3, -0.25) is 19.9 Å². The Kier molecular flexibility index (Phi) is 51.7. The number of pyridine rings is 4. The quantitative estimate of drug-likeness (QED) is 0.0732. The Morgan fingerprint density at radius 3 is 0.690 bits per heavy atom. The molecule has 8 bridgehead atoms.